The number of likely N-dealkylation sites (N-methyl/N-ethyl adjacent to an activating group) is 1. The Morgan fingerprint density at radius 3 is 2.65 bits per heavy atom. The molecule has 0 heterocycles. The van der Waals surface area contributed by atoms with Crippen LogP contribution in [0.3, 0.4) is 0 Å². The fourth-order valence-corrected chi connectivity index (χ4v) is 2.90. The molecule has 0 fully saturated rings. The van der Waals surface area contributed by atoms with Gasteiger partial charge in [0.1, 0.15) is 5.82 Å². The predicted octanol–water partition coefficient (Wildman–Crippen LogP) is 2.67. The zero-order valence-corrected chi connectivity index (χ0v) is 11.4. The number of aliphatic hydroxyl groups is 1. The average molecular weight is 257 g/mol. The maximum Gasteiger partial charge on any atom is 0.136 e. The van der Waals surface area contributed by atoms with Crippen LogP contribution in [0.25, 0.3) is 0 Å². The zero-order valence-electron chi connectivity index (χ0n) is 10.5. The Balaban J connectivity index is 2.61. The summed E-state index contributed by atoms with van der Waals surface area (Å²) in [7, 11) is 1.83. The van der Waals surface area contributed by atoms with Crippen LogP contribution >= 0.6 is 11.8 Å². The first-order chi connectivity index (χ1) is 8.00. The average Bonchev–Trinajstić information content (AvgIpc) is 2.32. The summed E-state index contributed by atoms with van der Waals surface area (Å²) >= 11 is 1.50. The summed E-state index contributed by atoms with van der Waals surface area (Å²) in [5.74, 6) is -0.181. The summed E-state index contributed by atoms with van der Waals surface area (Å²) in [6, 6.07) is 6.78. The fourth-order valence-electron chi connectivity index (χ4n) is 1.68. The number of hydrogen-bond acceptors (Lipinski definition) is 3. The van der Waals surface area contributed by atoms with Crippen molar-refractivity contribution < 1.29 is 9.50 Å². The van der Waals surface area contributed by atoms with Crippen LogP contribution in [-0.2, 0) is 0 Å². The Morgan fingerprint density at radius 2 is 2.12 bits per heavy atom. The van der Waals surface area contributed by atoms with Gasteiger partial charge < -0.3 is 10.4 Å². The second-order valence-electron chi connectivity index (χ2n) is 4.53. The van der Waals surface area contributed by atoms with E-state index in [-0.39, 0.29) is 23.2 Å². The molecule has 2 unspecified atom stereocenters. The molecule has 0 aliphatic heterocycles. The first-order valence-corrected chi connectivity index (χ1v) is 6.59. The largest absolute Gasteiger partial charge is 0.394 e. The van der Waals surface area contributed by atoms with Crippen molar-refractivity contribution in [1.82, 2.24) is 5.32 Å². The Hall–Kier alpha value is -0.580. The van der Waals surface area contributed by atoms with Crippen molar-refractivity contribution in [2.24, 2.45) is 0 Å². The topological polar surface area (TPSA) is 32.3 Å². The highest BCUT2D eigenvalue weighted by atomic mass is 32.2. The summed E-state index contributed by atoms with van der Waals surface area (Å²) in [5.41, 5.74) is -0.308. The number of halogens is 1. The van der Waals surface area contributed by atoms with E-state index >= 15 is 0 Å². The first-order valence-electron chi connectivity index (χ1n) is 5.72. The molecule has 2 atom stereocenters. The van der Waals surface area contributed by atoms with Crippen LogP contribution in [-0.4, -0.2) is 29.5 Å². The minimum absolute atomic E-state index is 0.0751. The minimum atomic E-state index is -0.308. The summed E-state index contributed by atoms with van der Waals surface area (Å²) in [6.45, 7) is 4.08. The molecule has 0 aliphatic carbocycles. The number of benzene rings is 1. The van der Waals surface area contributed by atoms with Crippen molar-refractivity contribution in [1.29, 1.82) is 0 Å². The van der Waals surface area contributed by atoms with Crippen LogP contribution in [0.2, 0.25) is 0 Å². The van der Waals surface area contributed by atoms with Gasteiger partial charge in [0, 0.05) is 15.7 Å². The zero-order chi connectivity index (χ0) is 12.9. The molecule has 0 saturated carbocycles. The highest BCUT2D eigenvalue weighted by Gasteiger charge is 2.24. The van der Waals surface area contributed by atoms with Crippen molar-refractivity contribution in [3.8, 4) is 0 Å². The SMILES string of the molecule is CNC(C)(CO)CC(C)Sc1ccccc1F. The molecule has 1 rings (SSSR count). The third-order valence-electron chi connectivity index (χ3n) is 2.86. The van der Waals surface area contributed by atoms with Crippen LogP contribution < -0.4 is 5.32 Å². The van der Waals surface area contributed by atoms with Gasteiger partial charge in [-0.25, -0.2) is 4.39 Å². The van der Waals surface area contributed by atoms with Crippen LogP contribution in [0.15, 0.2) is 29.2 Å². The summed E-state index contributed by atoms with van der Waals surface area (Å²) in [6.07, 6.45) is 0.777. The molecule has 2 N–H and O–H groups in total. The predicted molar refractivity (Wildman–Crippen MR) is 70.9 cm³/mol. The Labute approximate surface area is 107 Å². The summed E-state index contributed by atoms with van der Waals surface area (Å²) < 4.78 is 13.5. The molecule has 17 heavy (non-hydrogen) atoms. The third kappa shape index (κ3) is 4.30. The van der Waals surface area contributed by atoms with Gasteiger partial charge in [0.2, 0.25) is 0 Å². The van der Waals surface area contributed by atoms with E-state index in [1.54, 1.807) is 12.1 Å². The molecule has 0 aromatic heterocycles. The van der Waals surface area contributed by atoms with E-state index in [4.69, 9.17) is 0 Å². The number of nitrogens with one attached hydrogen (secondary N) is 1. The summed E-state index contributed by atoms with van der Waals surface area (Å²) in [4.78, 5) is 0.663. The molecule has 0 saturated heterocycles. The molecular formula is C13H20FNOS. The van der Waals surface area contributed by atoms with Crippen molar-refractivity contribution in [3.63, 3.8) is 0 Å². The molecule has 96 valence electrons. The molecule has 0 aliphatic rings. The van der Waals surface area contributed by atoms with Crippen LogP contribution in [0.4, 0.5) is 4.39 Å². The van der Waals surface area contributed by atoms with Gasteiger partial charge in [0.25, 0.3) is 0 Å². The number of thioether (sulfide) groups is 1. The van der Waals surface area contributed by atoms with Gasteiger partial charge in [-0.15, -0.1) is 11.8 Å². The van der Waals surface area contributed by atoms with Gasteiger partial charge in [0.15, 0.2) is 0 Å². The lowest BCUT2D eigenvalue weighted by Crippen LogP contribution is -2.45. The standard InChI is InChI=1S/C13H20FNOS/c1-10(8-13(2,9-16)15-3)17-12-7-5-4-6-11(12)14/h4-7,10,15-16H,8-9H2,1-3H3. The fraction of sp³-hybridized carbons (Fsp3) is 0.538. The molecule has 1 aromatic rings. The molecule has 0 amide bonds. The maximum atomic E-state index is 13.5. The highest BCUT2D eigenvalue weighted by molar-refractivity contribution is 8.00. The monoisotopic (exact) mass is 257 g/mol. The lowest BCUT2D eigenvalue weighted by molar-refractivity contribution is 0.174. The quantitative estimate of drug-likeness (QED) is 0.769. The number of rotatable bonds is 6. The van der Waals surface area contributed by atoms with E-state index < -0.39 is 0 Å². The first kappa shape index (κ1) is 14.5. The van der Waals surface area contributed by atoms with Crippen molar-refractivity contribution >= 4 is 11.8 Å². The molecule has 2 nitrogen and oxygen atoms in total. The summed E-state index contributed by atoms with van der Waals surface area (Å²) in [5, 5.41) is 12.6. The van der Waals surface area contributed by atoms with Gasteiger partial charge >= 0.3 is 0 Å². The van der Waals surface area contributed by atoms with E-state index in [0.29, 0.717) is 4.90 Å². The minimum Gasteiger partial charge on any atom is -0.394 e. The Morgan fingerprint density at radius 1 is 1.47 bits per heavy atom. The number of hydrogen-bond donors (Lipinski definition) is 2. The van der Waals surface area contributed by atoms with Crippen molar-refractivity contribution in [2.75, 3.05) is 13.7 Å². The van der Waals surface area contributed by atoms with Crippen molar-refractivity contribution in [2.45, 2.75) is 36.0 Å². The third-order valence-corrected chi connectivity index (χ3v) is 4.01. The van der Waals surface area contributed by atoms with Gasteiger partial charge in [-0.05, 0) is 32.5 Å². The lowest BCUT2D eigenvalue weighted by atomic mass is 9.97. The lowest BCUT2D eigenvalue weighted by Gasteiger charge is -2.29. The molecule has 4 heteroatoms. The molecular weight excluding hydrogens is 237 g/mol. The second kappa shape index (κ2) is 6.38. The van der Waals surface area contributed by atoms with Gasteiger partial charge in [-0.3, -0.25) is 0 Å². The smallest absolute Gasteiger partial charge is 0.136 e. The van der Waals surface area contributed by atoms with Crippen LogP contribution in [0, 0.1) is 5.82 Å². The molecule has 1 aromatic carbocycles. The molecule has 0 spiro atoms. The Kier molecular flexibility index (Phi) is 5.43. The normalized spacial score (nSPS) is 16.5. The van der Waals surface area contributed by atoms with Gasteiger partial charge in [-0.1, -0.05) is 19.1 Å². The van der Waals surface area contributed by atoms with Crippen LogP contribution in [0.5, 0.6) is 0 Å². The maximum absolute atomic E-state index is 13.5. The van der Waals surface area contributed by atoms with E-state index in [1.165, 1.54) is 17.8 Å². The molecule has 0 radical (unpaired) electrons. The van der Waals surface area contributed by atoms with E-state index in [1.807, 2.05) is 27.0 Å². The second-order valence-corrected chi connectivity index (χ2v) is 6.01. The van der Waals surface area contributed by atoms with Gasteiger partial charge in [0.05, 0.1) is 6.61 Å². The number of aliphatic hydroxyl groups excluding tert-OH is 1. The van der Waals surface area contributed by atoms with Crippen LogP contribution in [0.1, 0.15) is 20.3 Å². The van der Waals surface area contributed by atoms with Gasteiger partial charge in [-0.2, -0.15) is 0 Å². The molecule has 0 bridgehead atoms. The van der Waals surface area contributed by atoms with E-state index in [2.05, 4.69) is 5.32 Å². The van der Waals surface area contributed by atoms with Crippen molar-refractivity contribution in [3.05, 3.63) is 30.1 Å². The highest BCUT2D eigenvalue weighted by Crippen LogP contribution is 2.30. The van der Waals surface area contributed by atoms with E-state index in [0.717, 1.165) is 6.42 Å². The van der Waals surface area contributed by atoms with E-state index in [9.17, 15) is 9.50 Å². The Bertz CT molecular complexity index is 355.